The van der Waals surface area contributed by atoms with Crippen molar-refractivity contribution in [3.63, 3.8) is 0 Å². The SMILES string of the molecule is O=C(CN1C(=O)CN(CCCNn2cnc3ccccc32)C1=O)NCC(NC(=O)OCc1ccccc1)C(=O)O. The van der Waals surface area contributed by atoms with Crippen molar-refractivity contribution in [2.45, 2.75) is 19.1 Å². The summed E-state index contributed by atoms with van der Waals surface area (Å²) >= 11 is 0. The molecule has 210 valence electrons. The molecule has 5 amide bonds. The molecule has 4 rings (SSSR count). The molecule has 1 aromatic heterocycles. The van der Waals surface area contributed by atoms with Gasteiger partial charge in [0.05, 0.1) is 11.0 Å². The van der Waals surface area contributed by atoms with Crippen LogP contribution in [0.1, 0.15) is 12.0 Å². The number of urea groups is 1. The number of aromatic nitrogens is 2. The molecule has 1 aliphatic rings. The number of hydrogen-bond donors (Lipinski definition) is 4. The van der Waals surface area contributed by atoms with E-state index in [2.05, 4.69) is 21.0 Å². The minimum atomic E-state index is -1.48. The van der Waals surface area contributed by atoms with Gasteiger partial charge in [0.15, 0.2) is 0 Å². The number of imidazole rings is 1. The van der Waals surface area contributed by atoms with Gasteiger partial charge in [0.2, 0.25) is 5.91 Å². The third kappa shape index (κ3) is 7.24. The van der Waals surface area contributed by atoms with Gasteiger partial charge in [0.25, 0.3) is 5.91 Å². The number of imide groups is 1. The van der Waals surface area contributed by atoms with Gasteiger partial charge in [-0.25, -0.2) is 24.0 Å². The van der Waals surface area contributed by atoms with E-state index >= 15 is 0 Å². The normalized spacial score (nSPS) is 13.8. The fourth-order valence-electron chi connectivity index (χ4n) is 4.00. The number of para-hydroxylation sites is 2. The minimum absolute atomic E-state index is 0.0579. The number of carboxylic acids is 1. The number of amides is 5. The number of aliphatic carboxylic acids is 1. The number of nitrogens with one attached hydrogen (secondary N) is 3. The van der Waals surface area contributed by atoms with E-state index in [4.69, 9.17) is 4.74 Å². The Morgan fingerprint density at radius 3 is 2.58 bits per heavy atom. The smallest absolute Gasteiger partial charge is 0.408 e. The molecular weight excluding hydrogens is 522 g/mol. The fraction of sp³-hybridized carbons (Fsp3) is 0.308. The molecule has 2 heterocycles. The number of benzene rings is 2. The number of carboxylic acid groups (broad SMARTS) is 1. The maximum atomic E-state index is 12.7. The lowest BCUT2D eigenvalue weighted by atomic mass is 10.2. The maximum absolute atomic E-state index is 12.7. The highest BCUT2D eigenvalue weighted by atomic mass is 16.5. The van der Waals surface area contributed by atoms with E-state index < -0.39 is 49.0 Å². The first-order valence-corrected chi connectivity index (χ1v) is 12.5. The molecule has 3 aromatic rings. The summed E-state index contributed by atoms with van der Waals surface area (Å²) in [5, 5.41) is 13.9. The van der Waals surface area contributed by atoms with Crippen molar-refractivity contribution in [2.75, 3.05) is 38.1 Å². The Hall–Kier alpha value is -5.14. The van der Waals surface area contributed by atoms with Crippen LogP contribution in [0.4, 0.5) is 9.59 Å². The second-order valence-electron chi connectivity index (χ2n) is 8.95. The number of ether oxygens (including phenoxy) is 1. The molecule has 2 aromatic carbocycles. The molecule has 1 aliphatic heterocycles. The van der Waals surface area contributed by atoms with Crippen LogP contribution >= 0.6 is 0 Å². The highest BCUT2D eigenvalue weighted by molar-refractivity contribution is 6.04. The molecule has 14 heteroatoms. The number of carbonyl (C=O) groups excluding carboxylic acids is 4. The van der Waals surface area contributed by atoms with Crippen molar-refractivity contribution in [1.29, 1.82) is 0 Å². The second-order valence-corrected chi connectivity index (χ2v) is 8.95. The van der Waals surface area contributed by atoms with E-state index in [0.717, 1.165) is 21.5 Å². The van der Waals surface area contributed by atoms with E-state index in [-0.39, 0.29) is 13.2 Å². The van der Waals surface area contributed by atoms with Crippen molar-refractivity contribution in [3.05, 3.63) is 66.5 Å². The molecule has 0 aliphatic carbocycles. The van der Waals surface area contributed by atoms with Crippen LogP contribution in [0, 0.1) is 0 Å². The van der Waals surface area contributed by atoms with Crippen LogP contribution < -0.4 is 16.1 Å². The van der Waals surface area contributed by atoms with Gasteiger partial charge >= 0.3 is 18.1 Å². The Balaban J connectivity index is 1.18. The van der Waals surface area contributed by atoms with Crippen LogP contribution in [0.2, 0.25) is 0 Å². The zero-order chi connectivity index (χ0) is 28.5. The fourth-order valence-corrected chi connectivity index (χ4v) is 4.00. The van der Waals surface area contributed by atoms with Crippen molar-refractivity contribution in [2.24, 2.45) is 0 Å². The van der Waals surface area contributed by atoms with Crippen molar-refractivity contribution in [1.82, 2.24) is 30.1 Å². The Kier molecular flexibility index (Phi) is 9.12. The number of alkyl carbamates (subject to hydrolysis) is 1. The lowest BCUT2D eigenvalue weighted by Crippen LogP contribution is -2.50. The van der Waals surface area contributed by atoms with E-state index in [1.54, 1.807) is 41.3 Å². The summed E-state index contributed by atoms with van der Waals surface area (Å²) in [7, 11) is 0. The third-order valence-corrected chi connectivity index (χ3v) is 6.08. The second kappa shape index (κ2) is 13.1. The first-order chi connectivity index (χ1) is 19.3. The quantitative estimate of drug-likeness (QED) is 0.176. The molecule has 0 saturated carbocycles. The van der Waals surface area contributed by atoms with Gasteiger partial charge in [-0.2, -0.15) is 0 Å². The summed E-state index contributed by atoms with van der Waals surface area (Å²) in [5.41, 5.74) is 5.67. The average Bonchev–Trinajstić information content (AvgIpc) is 3.48. The molecule has 14 nitrogen and oxygen atoms in total. The summed E-state index contributed by atoms with van der Waals surface area (Å²) in [5.74, 6) is -2.68. The van der Waals surface area contributed by atoms with Gasteiger partial charge in [-0.15, -0.1) is 0 Å². The molecule has 1 fully saturated rings. The lowest BCUT2D eigenvalue weighted by Gasteiger charge is -2.18. The summed E-state index contributed by atoms with van der Waals surface area (Å²) in [6.07, 6.45) is 1.23. The van der Waals surface area contributed by atoms with Gasteiger partial charge in [-0.05, 0) is 24.1 Å². The minimum Gasteiger partial charge on any atom is -0.480 e. The van der Waals surface area contributed by atoms with Crippen LogP contribution in [0.5, 0.6) is 0 Å². The zero-order valence-corrected chi connectivity index (χ0v) is 21.5. The molecule has 1 atom stereocenters. The number of fused-ring (bicyclic) bond motifs is 1. The third-order valence-electron chi connectivity index (χ3n) is 6.08. The van der Waals surface area contributed by atoms with Crippen molar-refractivity contribution >= 4 is 40.9 Å². The van der Waals surface area contributed by atoms with Gasteiger partial charge < -0.3 is 30.8 Å². The summed E-state index contributed by atoms with van der Waals surface area (Å²) < 4.78 is 6.79. The predicted molar refractivity (Wildman–Crippen MR) is 141 cm³/mol. The highest BCUT2D eigenvalue weighted by Gasteiger charge is 2.36. The number of nitrogens with zero attached hydrogens (tertiary/aromatic N) is 4. The van der Waals surface area contributed by atoms with E-state index in [1.807, 2.05) is 24.3 Å². The maximum Gasteiger partial charge on any atom is 0.408 e. The summed E-state index contributed by atoms with van der Waals surface area (Å²) in [6, 6.07) is 14.4. The largest absolute Gasteiger partial charge is 0.480 e. The summed E-state index contributed by atoms with van der Waals surface area (Å²) in [4.78, 5) is 67.4. The topological polar surface area (TPSA) is 175 Å². The first kappa shape index (κ1) is 27.9. The van der Waals surface area contributed by atoms with Gasteiger partial charge in [0, 0.05) is 19.6 Å². The van der Waals surface area contributed by atoms with Crippen molar-refractivity contribution < 1.29 is 33.8 Å². The molecule has 1 unspecified atom stereocenters. The van der Waals surface area contributed by atoms with Crippen LogP contribution in [0.25, 0.3) is 11.0 Å². The van der Waals surface area contributed by atoms with Crippen LogP contribution in [0.3, 0.4) is 0 Å². The van der Waals surface area contributed by atoms with E-state index in [1.165, 1.54) is 4.90 Å². The Bertz CT molecular complexity index is 1380. The molecule has 4 N–H and O–H groups in total. The number of carbonyl (C=O) groups is 5. The standard InChI is InChI=1S/C26H29N7O7/c34-22(27-13-20(24(36)37)30-25(38)40-16-18-7-2-1-3-8-18)14-32-23(35)15-31(26(32)39)12-6-11-29-33-17-28-19-9-4-5-10-21(19)33/h1-5,7-10,17,20,29H,6,11-16H2,(H,27,34)(H,30,38)(H,36,37). The van der Waals surface area contributed by atoms with Crippen LogP contribution in [-0.2, 0) is 25.7 Å². The molecule has 40 heavy (non-hydrogen) atoms. The molecule has 1 saturated heterocycles. The molecular formula is C26H29N7O7. The van der Waals surface area contributed by atoms with Gasteiger partial charge in [0.1, 0.15) is 32.1 Å². The lowest BCUT2D eigenvalue weighted by molar-refractivity contribution is -0.139. The molecule has 0 radical (unpaired) electrons. The van der Waals surface area contributed by atoms with E-state index in [0.29, 0.717) is 19.5 Å². The predicted octanol–water partition coefficient (Wildman–Crippen LogP) is 0.730. The average molecular weight is 552 g/mol. The number of rotatable bonds is 13. The summed E-state index contributed by atoms with van der Waals surface area (Å²) in [6.45, 7) is -0.458. The molecule has 0 bridgehead atoms. The Morgan fingerprint density at radius 1 is 1.05 bits per heavy atom. The Labute approximate surface area is 228 Å². The molecule has 0 spiro atoms. The number of hydrogen-bond acceptors (Lipinski definition) is 8. The monoisotopic (exact) mass is 551 g/mol. The Morgan fingerprint density at radius 2 is 1.80 bits per heavy atom. The zero-order valence-electron chi connectivity index (χ0n) is 21.5. The van der Waals surface area contributed by atoms with Gasteiger partial charge in [-0.1, -0.05) is 42.5 Å². The first-order valence-electron chi connectivity index (χ1n) is 12.5. The van der Waals surface area contributed by atoms with Crippen LogP contribution in [0.15, 0.2) is 60.9 Å². The van der Waals surface area contributed by atoms with Crippen LogP contribution in [-0.4, -0.2) is 93.2 Å². The van der Waals surface area contributed by atoms with Crippen molar-refractivity contribution in [3.8, 4) is 0 Å². The highest BCUT2D eigenvalue weighted by Crippen LogP contribution is 2.12. The van der Waals surface area contributed by atoms with E-state index in [9.17, 15) is 29.1 Å². The van der Waals surface area contributed by atoms with Gasteiger partial charge in [-0.3, -0.25) is 14.5 Å².